The maximum absolute atomic E-state index is 6.84. The van der Waals surface area contributed by atoms with Crippen LogP contribution in [0.2, 0.25) is 0 Å². The van der Waals surface area contributed by atoms with E-state index in [1.807, 2.05) is 6.07 Å². The summed E-state index contributed by atoms with van der Waals surface area (Å²) in [6, 6.07) is 17.9. The molecule has 0 aromatic heterocycles. The summed E-state index contributed by atoms with van der Waals surface area (Å²) in [4.78, 5) is 2.68. The number of hydrogen-bond donors (Lipinski definition) is 1. The summed E-state index contributed by atoms with van der Waals surface area (Å²) in [7, 11) is 1.75. The van der Waals surface area contributed by atoms with E-state index in [4.69, 9.17) is 9.47 Å². The van der Waals surface area contributed by atoms with Crippen LogP contribution >= 0.6 is 0 Å². The first-order valence-corrected chi connectivity index (χ1v) is 11.3. The molecule has 4 fully saturated rings. The second kappa shape index (κ2) is 6.86. The highest BCUT2D eigenvalue weighted by Gasteiger charge is 2.59. The van der Waals surface area contributed by atoms with E-state index in [1.165, 1.54) is 36.2 Å². The predicted molar refractivity (Wildman–Crippen MR) is 119 cm³/mol. The van der Waals surface area contributed by atoms with Crippen LogP contribution in [0.1, 0.15) is 30.4 Å². The van der Waals surface area contributed by atoms with Crippen molar-refractivity contribution in [2.75, 3.05) is 25.5 Å². The van der Waals surface area contributed by atoms with Crippen LogP contribution in [0.15, 0.2) is 61.2 Å². The molecule has 4 saturated heterocycles. The van der Waals surface area contributed by atoms with Gasteiger partial charge in [-0.15, -0.1) is 6.58 Å². The van der Waals surface area contributed by atoms with Gasteiger partial charge in [0.05, 0.1) is 18.6 Å². The average Bonchev–Trinajstić information content (AvgIpc) is 3.14. The van der Waals surface area contributed by atoms with E-state index in [-0.39, 0.29) is 17.7 Å². The fourth-order valence-corrected chi connectivity index (χ4v) is 6.70. The van der Waals surface area contributed by atoms with Crippen LogP contribution in [-0.4, -0.2) is 43.5 Å². The van der Waals surface area contributed by atoms with E-state index in [1.54, 1.807) is 7.11 Å². The van der Waals surface area contributed by atoms with Gasteiger partial charge in [0.1, 0.15) is 12.0 Å². The van der Waals surface area contributed by atoms with Gasteiger partial charge in [-0.25, -0.2) is 0 Å². The van der Waals surface area contributed by atoms with Gasteiger partial charge in [0.15, 0.2) is 0 Å². The minimum Gasteiger partial charge on any atom is -0.497 e. The topological polar surface area (TPSA) is 33.7 Å². The lowest BCUT2D eigenvalue weighted by Crippen LogP contribution is -2.60. The number of piperidine rings is 3. The van der Waals surface area contributed by atoms with Crippen molar-refractivity contribution < 1.29 is 9.47 Å². The molecule has 5 aliphatic rings. The van der Waals surface area contributed by atoms with Gasteiger partial charge < -0.3 is 14.8 Å². The number of anilines is 1. The van der Waals surface area contributed by atoms with Crippen LogP contribution in [0.3, 0.4) is 0 Å². The predicted octanol–water partition coefficient (Wildman–Crippen LogP) is 4.42. The molecular weight excluding hydrogens is 372 g/mol. The van der Waals surface area contributed by atoms with Crippen molar-refractivity contribution in [1.29, 1.82) is 0 Å². The third-order valence-corrected chi connectivity index (χ3v) is 8.12. The first kappa shape index (κ1) is 18.5. The summed E-state index contributed by atoms with van der Waals surface area (Å²) in [6.07, 6.45) is 5.79. The Hall–Kier alpha value is -2.30. The first-order valence-electron chi connectivity index (χ1n) is 11.3. The lowest BCUT2D eigenvalue weighted by molar-refractivity contribution is -0.0744. The first-order chi connectivity index (χ1) is 14.7. The Bertz CT molecular complexity index is 961. The number of nitrogens with one attached hydrogen (secondary N) is 1. The van der Waals surface area contributed by atoms with E-state index in [2.05, 4.69) is 65.3 Å². The second-order valence-electron chi connectivity index (χ2n) is 9.39. The van der Waals surface area contributed by atoms with Crippen LogP contribution in [0.25, 0.3) is 0 Å². The van der Waals surface area contributed by atoms with Crippen LogP contribution in [0.4, 0.5) is 5.69 Å². The Morgan fingerprint density at radius 2 is 2.10 bits per heavy atom. The lowest BCUT2D eigenvalue weighted by atomic mass is 9.62. The molecule has 0 saturated carbocycles. The number of fused-ring (bicyclic) bond motifs is 7. The quantitative estimate of drug-likeness (QED) is 0.768. The molecule has 4 bridgehead atoms. The van der Waals surface area contributed by atoms with Gasteiger partial charge in [0.25, 0.3) is 0 Å². The zero-order valence-corrected chi connectivity index (χ0v) is 17.6. The van der Waals surface area contributed by atoms with Gasteiger partial charge in [-0.1, -0.05) is 36.4 Å². The zero-order valence-electron chi connectivity index (χ0n) is 17.6. The molecule has 7 rings (SSSR count). The van der Waals surface area contributed by atoms with Crippen molar-refractivity contribution in [3.8, 4) is 5.75 Å². The van der Waals surface area contributed by atoms with Crippen molar-refractivity contribution in [2.24, 2.45) is 11.8 Å². The van der Waals surface area contributed by atoms with Gasteiger partial charge in [0, 0.05) is 24.7 Å². The van der Waals surface area contributed by atoms with Crippen molar-refractivity contribution in [3.63, 3.8) is 0 Å². The van der Waals surface area contributed by atoms with Gasteiger partial charge in [-0.2, -0.15) is 0 Å². The van der Waals surface area contributed by atoms with E-state index < -0.39 is 0 Å². The summed E-state index contributed by atoms with van der Waals surface area (Å²) < 4.78 is 12.5. The Labute approximate surface area is 178 Å². The zero-order chi connectivity index (χ0) is 20.3. The highest BCUT2D eigenvalue weighted by molar-refractivity contribution is 5.65. The molecule has 1 N–H and O–H groups in total. The Morgan fingerprint density at radius 1 is 1.23 bits per heavy atom. The Morgan fingerprint density at radius 3 is 2.83 bits per heavy atom. The highest BCUT2D eigenvalue weighted by Crippen LogP contribution is 2.56. The number of ether oxygens (including phenoxy) is 2. The molecule has 4 nitrogen and oxygen atoms in total. The Kier molecular flexibility index (Phi) is 4.22. The van der Waals surface area contributed by atoms with Crippen molar-refractivity contribution >= 4 is 5.69 Å². The van der Waals surface area contributed by atoms with Gasteiger partial charge in [-0.05, 0) is 60.5 Å². The van der Waals surface area contributed by atoms with E-state index in [0.717, 1.165) is 24.6 Å². The molecule has 5 heterocycles. The maximum Gasteiger partial charge on any atom is 0.129 e. The minimum absolute atomic E-state index is 0.0490. The molecular formula is C26H30N2O2. The fraction of sp³-hybridized carbons (Fsp3) is 0.462. The van der Waals surface area contributed by atoms with Gasteiger partial charge in [-0.3, -0.25) is 4.90 Å². The van der Waals surface area contributed by atoms with E-state index in [9.17, 15) is 0 Å². The summed E-state index contributed by atoms with van der Waals surface area (Å²) in [6.45, 7) is 6.40. The second-order valence-corrected chi connectivity index (χ2v) is 9.39. The van der Waals surface area contributed by atoms with E-state index in [0.29, 0.717) is 12.0 Å². The number of benzene rings is 2. The summed E-state index contributed by atoms with van der Waals surface area (Å²) in [5, 5.41) is 3.65. The molecule has 2 aromatic rings. The maximum atomic E-state index is 6.84. The van der Waals surface area contributed by atoms with Crippen LogP contribution < -0.4 is 10.1 Å². The SMILES string of the molecule is C=C[C@H]1CN2CC[C@H]1C[C@H]2[C@@H]1O[C@H]2C[C@]1(c1ccccc1)c1cc(OC)ccc1N2. The van der Waals surface area contributed by atoms with Crippen molar-refractivity contribution in [1.82, 2.24) is 4.90 Å². The minimum atomic E-state index is -0.160. The molecule has 5 aliphatic heterocycles. The number of methoxy groups -OCH3 is 1. The standard InChI is InChI=1S/C26H30N2O2/c1-3-17-16-28-12-11-18(17)13-23(28)25-26(19-7-5-4-6-8-19)15-24(30-25)27-22-10-9-20(29-2)14-21(22)26/h3-10,14,17-18,23-25,27H,1,11-13,15-16H2,2H3/t17-,18-,23-,24-,25-,26-/m0/s1. The van der Waals surface area contributed by atoms with Crippen molar-refractivity contribution in [2.45, 2.75) is 43.1 Å². The molecule has 4 heteroatoms. The van der Waals surface area contributed by atoms with E-state index >= 15 is 0 Å². The summed E-state index contributed by atoms with van der Waals surface area (Å²) in [5.41, 5.74) is 3.69. The summed E-state index contributed by atoms with van der Waals surface area (Å²) in [5.74, 6) is 2.26. The van der Waals surface area contributed by atoms with Gasteiger partial charge >= 0.3 is 0 Å². The molecule has 1 unspecified atom stereocenters. The largest absolute Gasteiger partial charge is 0.497 e. The third-order valence-electron chi connectivity index (χ3n) is 8.12. The fourth-order valence-electron chi connectivity index (χ4n) is 6.70. The van der Waals surface area contributed by atoms with Crippen LogP contribution in [0.5, 0.6) is 5.75 Å². The number of hydrogen-bond acceptors (Lipinski definition) is 4. The molecule has 156 valence electrons. The normalized spacial score (nSPS) is 38.6. The third kappa shape index (κ3) is 2.53. The number of nitrogens with zero attached hydrogens (tertiary/aromatic N) is 1. The molecule has 2 aromatic carbocycles. The molecule has 0 spiro atoms. The van der Waals surface area contributed by atoms with Crippen LogP contribution in [0, 0.1) is 11.8 Å². The number of rotatable bonds is 4. The molecule has 7 atom stereocenters. The molecule has 0 amide bonds. The Balaban J connectivity index is 1.50. The molecule has 0 aliphatic carbocycles. The monoisotopic (exact) mass is 402 g/mol. The average molecular weight is 403 g/mol. The van der Waals surface area contributed by atoms with Crippen LogP contribution in [-0.2, 0) is 10.2 Å². The van der Waals surface area contributed by atoms with Gasteiger partial charge in [0.2, 0.25) is 0 Å². The summed E-state index contributed by atoms with van der Waals surface area (Å²) >= 11 is 0. The molecule has 30 heavy (non-hydrogen) atoms. The lowest BCUT2D eigenvalue weighted by Gasteiger charge is -2.53. The van der Waals surface area contributed by atoms with Crippen molar-refractivity contribution in [3.05, 3.63) is 72.3 Å². The smallest absolute Gasteiger partial charge is 0.129 e. The highest BCUT2D eigenvalue weighted by atomic mass is 16.5. The molecule has 0 radical (unpaired) electrons.